The predicted octanol–water partition coefficient (Wildman–Crippen LogP) is 4.32. The molecule has 1 aromatic carbocycles. The quantitative estimate of drug-likeness (QED) is 0.788. The molecule has 2 saturated carbocycles. The summed E-state index contributed by atoms with van der Waals surface area (Å²) in [5, 5.41) is 6.17. The van der Waals surface area contributed by atoms with E-state index in [4.69, 9.17) is 0 Å². The number of aromatic nitrogens is 1. The summed E-state index contributed by atoms with van der Waals surface area (Å²) in [6.45, 7) is 5.95. The molecule has 0 bridgehead atoms. The molecule has 1 heterocycles. The molecule has 2 aliphatic carbocycles. The van der Waals surface area contributed by atoms with Crippen LogP contribution in [0.25, 0.3) is 0 Å². The number of rotatable bonds is 6. The highest BCUT2D eigenvalue weighted by molar-refractivity contribution is 6.00. The summed E-state index contributed by atoms with van der Waals surface area (Å²) in [7, 11) is 0. The van der Waals surface area contributed by atoms with Gasteiger partial charge in [-0.3, -0.25) is 14.6 Å². The highest BCUT2D eigenvalue weighted by Crippen LogP contribution is 2.46. The SMILES string of the molecule is Cc1ccnc(C(NC(=O)c2ccc(C)c(NC(=O)C3(C)CC3)c2)C2CC2)c1. The largest absolute Gasteiger partial charge is 0.343 e. The van der Waals surface area contributed by atoms with Gasteiger partial charge in [0.2, 0.25) is 5.91 Å². The zero-order chi connectivity index (χ0) is 19.9. The lowest BCUT2D eigenvalue weighted by molar-refractivity contribution is -0.120. The molecular formula is C23H27N3O2. The van der Waals surface area contributed by atoms with E-state index in [1.807, 2.05) is 45.0 Å². The number of nitrogens with zero attached hydrogens (tertiary/aromatic N) is 1. The van der Waals surface area contributed by atoms with Crippen molar-refractivity contribution in [2.24, 2.45) is 11.3 Å². The summed E-state index contributed by atoms with van der Waals surface area (Å²) in [5.74, 6) is 0.346. The van der Waals surface area contributed by atoms with Gasteiger partial charge >= 0.3 is 0 Å². The monoisotopic (exact) mass is 377 g/mol. The molecule has 2 aliphatic rings. The van der Waals surface area contributed by atoms with Gasteiger partial charge in [0, 0.05) is 22.9 Å². The third-order valence-corrected chi connectivity index (χ3v) is 5.93. The number of aryl methyl sites for hydroxylation is 2. The maximum atomic E-state index is 13.0. The van der Waals surface area contributed by atoms with E-state index >= 15 is 0 Å². The first-order valence-corrected chi connectivity index (χ1v) is 10.0. The van der Waals surface area contributed by atoms with Crippen LogP contribution in [0.2, 0.25) is 0 Å². The molecular weight excluding hydrogens is 350 g/mol. The van der Waals surface area contributed by atoms with Gasteiger partial charge in [-0.1, -0.05) is 13.0 Å². The smallest absolute Gasteiger partial charge is 0.251 e. The molecule has 2 fully saturated rings. The molecule has 4 rings (SSSR count). The van der Waals surface area contributed by atoms with Crippen molar-refractivity contribution in [1.82, 2.24) is 10.3 Å². The third kappa shape index (κ3) is 3.93. The Bertz CT molecular complexity index is 929. The van der Waals surface area contributed by atoms with Crippen molar-refractivity contribution < 1.29 is 9.59 Å². The standard InChI is InChI=1S/C23H27N3O2/c1-14-8-11-24-19(12-14)20(16-6-7-16)26-21(27)17-5-4-15(2)18(13-17)25-22(28)23(3)9-10-23/h4-5,8,11-13,16,20H,6-7,9-10H2,1-3H3,(H,25,28)(H,26,27). The molecule has 1 aromatic heterocycles. The third-order valence-electron chi connectivity index (χ3n) is 5.93. The zero-order valence-corrected chi connectivity index (χ0v) is 16.7. The molecule has 2 amide bonds. The van der Waals surface area contributed by atoms with Crippen LogP contribution in [0.3, 0.4) is 0 Å². The molecule has 5 nitrogen and oxygen atoms in total. The van der Waals surface area contributed by atoms with Gasteiger partial charge in [-0.2, -0.15) is 0 Å². The van der Waals surface area contributed by atoms with Crippen molar-refractivity contribution in [3.8, 4) is 0 Å². The van der Waals surface area contributed by atoms with E-state index in [-0.39, 0.29) is 23.3 Å². The van der Waals surface area contributed by atoms with Crippen LogP contribution in [0.5, 0.6) is 0 Å². The van der Waals surface area contributed by atoms with Crippen molar-refractivity contribution in [2.75, 3.05) is 5.32 Å². The molecule has 5 heteroatoms. The van der Waals surface area contributed by atoms with Crippen LogP contribution < -0.4 is 10.6 Å². The van der Waals surface area contributed by atoms with Gasteiger partial charge < -0.3 is 10.6 Å². The second-order valence-electron chi connectivity index (χ2n) is 8.59. The fraction of sp³-hybridized carbons (Fsp3) is 0.435. The number of benzene rings is 1. The van der Waals surface area contributed by atoms with Gasteiger partial charge in [-0.05, 0) is 80.8 Å². The zero-order valence-electron chi connectivity index (χ0n) is 16.7. The summed E-state index contributed by atoms with van der Waals surface area (Å²) in [4.78, 5) is 29.8. The summed E-state index contributed by atoms with van der Waals surface area (Å²) < 4.78 is 0. The fourth-order valence-corrected chi connectivity index (χ4v) is 3.40. The normalized spacial score (nSPS) is 18.2. The molecule has 1 unspecified atom stereocenters. The van der Waals surface area contributed by atoms with E-state index in [0.29, 0.717) is 17.2 Å². The number of hydrogen-bond donors (Lipinski definition) is 2. The summed E-state index contributed by atoms with van der Waals surface area (Å²) in [5.41, 5.74) is 4.02. The minimum Gasteiger partial charge on any atom is -0.343 e. The van der Waals surface area contributed by atoms with Gasteiger partial charge in [0.25, 0.3) is 5.91 Å². The minimum absolute atomic E-state index is 0.0352. The topological polar surface area (TPSA) is 71.1 Å². The fourth-order valence-electron chi connectivity index (χ4n) is 3.40. The molecule has 0 saturated heterocycles. The van der Waals surface area contributed by atoms with E-state index in [9.17, 15) is 9.59 Å². The Kier molecular flexibility index (Phi) is 4.69. The van der Waals surface area contributed by atoms with E-state index < -0.39 is 0 Å². The van der Waals surface area contributed by atoms with Crippen LogP contribution in [-0.2, 0) is 4.79 Å². The lowest BCUT2D eigenvalue weighted by atomic mass is 10.0. The first-order chi connectivity index (χ1) is 13.4. The first-order valence-electron chi connectivity index (χ1n) is 10.0. The Balaban J connectivity index is 1.52. The summed E-state index contributed by atoms with van der Waals surface area (Å²) in [6.07, 6.45) is 5.85. The molecule has 1 atom stereocenters. The second kappa shape index (κ2) is 7.04. The lowest BCUT2D eigenvalue weighted by Gasteiger charge is -2.19. The van der Waals surface area contributed by atoms with Gasteiger partial charge in [-0.25, -0.2) is 0 Å². The Morgan fingerprint density at radius 3 is 2.54 bits per heavy atom. The average molecular weight is 377 g/mol. The van der Waals surface area contributed by atoms with Crippen LogP contribution in [-0.4, -0.2) is 16.8 Å². The first kappa shape index (κ1) is 18.7. The number of amides is 2. The second-order valence-corrected chi connectivity index (χ2v) is 8.59. The molecule has 0 spiro atoms. The summed E-state index contributed by atoms with van der Waals surface area (Å²) >= 11 is 0. The van der Waals surface area contributed by atoms with Gasteiger partial charge in [-0.15, -0.1) is 0 Å². The van der Waals surface area contributed by atoms with E-state index in [0.717, 1.165) is 42.5 Å². The van der Waals surface area contributed by atoms with Crippen molar-refractivity contribution in [1.29, 1.82) is 0 Å². The van der Waals surface area contributed by atoms with E-state index in [1.165, 1.54) is 0 Å². The number of carbonyl (C=O) groups is 2. The van der Waals surface area contributed by atoms with Gasteiger partial charge in [0.1, 0.15) is 0 Å². The maximum Gasteiger partial charge on any atom is 0.251 e. The van der Waals surface area contributed by atoms with Gasteiger partial charge in [0.05, 0.1) is 11.7 Å². The number of anilines is 1. The Morgan fingerprint density at radius 2 is 1.89 bits per heavy atom. The molecule has 146 valence electrons. The number of pyridine rings is 1. The molecule has 0 aliphatic heterocycles. The van der Waals surface area contributed by atoms with Crippen molar-refractivity contribution in [3.63, 3.8) is 0 Å². The van der Waals surface area contributed by atoms with Crippen molar-refractivity contribution in [2.45, 2.75) is 52.5 Å². The minimum atomic E-state index is -0.251. The Morgan fingerprint density at radius 1 is 1.14 bits per heavy atom. The van der Waals surface area contributed by atoms with Gasteiger partial charge in [0.15, 0.2) is 0 Å². The predicted molar refractivity (Wildman–Crippen MR) is 109 cm³/mol. The van der Waals surface area contributed by atoms with Crippen molar-refractivity contribution in [3.05, 3.63) is 58.9 Å². The highest BCUT2D eigenvalue weighted by atomic mass is 16.2. The Hall–Kier alpha value is -2.69. The molecule has 28 heavy (non-hydrogen) atoms. The number of carbonyl (C=O) groups excluding carboxylic acids is 2. The van der Waals surface area contributed by atoms with Crippen LogP contribution in [0.15, 0.2) is 36.5 Å². The average Bonchev–Trinajstić information content (AvgIpc) is 3.58. The van der Waals surface area contributed by atoms with Crippen LogP contribution in [0.4, 0.5) is 5.69 Å². The van der Waals surface area contributed by atoms with Crippen LogP contribution in [0, 0.1) is 25.2 Å². The maximum absolute atomic E-state index is 13.0. The molecule has 2 aromatic rings. The van der Waals surface area contributed by atoms with Crippen molar-refractivity contribution >= 4 is 17.5 Å². The molecule has 0 radical (unpaired) electrons. The lowest BCUT2D eigenvalue weighted by Crippen LogP contribution is -2.30. The van der Waals surface area contributed by atoms with E-state index in [1.54, 1.807) is 12.3 Å². The summed E-state index contributed by atoms with van der Waals surface area (Å²) in [6, 6.07) is 9.41. The number of hydrogen-bond acceptors (Lipinski definition) is 3. The molecule has 2 N–H and O–H groups in total. The highest BCUT2D eigenvalue weighted by Gasteiger charge is 2.45. The number of nitrogens with one attached hydrogen (secondary N) is 2. The Labute approximate surface area is 165 Å². The van der Waals surface area contributed by atoms with Crippen LogP contribution >= 0.6 is 0 Å². The van der Waals surface area contributed by atoms with E-state index in [2.05, 4.69) is 15.6 Å². The van der Waals surface area contributed by atoms with Crippen LogP contribution in [0.1, 0.15) is 65.8 Å².